The molecule has 7 nitrogen and oxygen atoms in total. The predicted octanol–water partition coefficient (Wildman–Crippen LogP) is 5.16. The molecule has 4 rings (SSSR count). The van der Waals surface area contributed by atoms with Gasteiger partial charge >= 0.3 is 0 Å². The van der Waals surface area contributed by atoms with Gasteiger partial charge in [-0.05, 0) is 67.4 Å². The van der Waals surface area contributed by atoms with E-state index in [0.717, 1.165) is 27.7 Å². The quantitative estimate of drug-likeness (QED) is 0.250. The van der Waals surface area contributed by atoms with Crippen molar-refractivity contribution in [3.05, 3.63) is 95.1 Å². The predicted molar refractivity (Wildman–Crippen MR) is 145 cm³/mol. The van der Waals surface area contributed by atoms with E-state index in [4.69, 9.17) is 11.6 Å². The summed E-state index contributed by atoms with van der Waals surface area (Å²) in [5, 5.41) is 7.82. The molecule has 9 heteroatoms. The molecule has 0 aliphatic rings. The number of amides is 1. The van der Waals surface area contributed by atoms with E-state index in [1.54, 1.807) is 42.6 Å². The summed E-state index contributed by atoms with van der Waals surface area (Å²) in [6, 6.07) is 21.2. The number of pyridine rings is 1. The number of aryl methyl sites for hydroxylation is 2. The Morgan fingerprint density at radius 2 is 1.69 bits per heavy atom. The van der Waals surface area contributed by atoms with Crippen molar-refractivity contribution in [2.45, 2.75) is 24.7 Å². The van der Waals surface area contributed by atoms with Crippen LogP contribution in [0.4, 0.5) is 11.4 Å². The summed E-state index contributed by atoms with van der Waals surface area (Å²) in [4.78, 5) is 16.8. The summed E-state index contributed by atoms with van der Waals surface area (Å²) in [6.07, 6.45) is 2.54. The molecule has 3 aromatic carbocycles. The van der Waals surface area contributed by atoms with Gasteiger partial charge in [-0.3, -0.25) is 14.5 Å². The molecule has 0 saturated heterocycles. The number of benzene rings is 3. The third-order valence-electron chi connectivity index (χ3n) is 5.65. The largest absolute Gasteiger partial charge is 0.383 e. The molecule has 0 bridgehead atoms. The van der Waals surface area contributed by atoms with Crippen molar-refractivity contribution < 1.29 is 13.2 Å². The Kier molecular flexibility index (Phi) is 8.07. The lowest BCUT2D eigenvalue weighted by Crippen LogP contribution is -2.28. The fourth-order valence-electron chi connectivity index (χ4n) is 3.69. The van der Waals surface area contributed by atoms with Crippen LogP contribution in [0.25, 0.3) is 10.9 Å². The molecule has 0 saturated carbocycles. The van der Waals surface area contributed by atoms with Crippen molar-refractivity contribution in [2.24, 2.45) is 0 Å². The van der Waals surface area contributed by atoms with Crippen molar-refractivity contribution >= 4 is 49.8 Å². The second-order valence-corrected chi connectivity index (χ2v) is 10.5. The minimum Gasteiger partial charge on any atom is -0.383 e. The fourth-order valence-corrected chi connectivity index (χ4v) is 4.92. The van der Waals surface area contributed by atoms with Crippen molar-refractivity contribution in [3.63, 3.8) is 0 Å². The number of hydrogen-bond acceptors (Lipinski definition) is 5. The third-order valence-corrected chi connectivity index (χ3v) is 7.28. The molecule has 0 fully saturated rings. The van der Waals surface area contributed by atoms with Gasteiger partial charge in [0.15, 0.2) is 0 Å². The number of aromatic nitrogens is 1. The maximum absolute atomic E-state index is 12.6. The van der Waals surface area contributed by atoms with E-state index in [2.05, 4.69) is 20.3 Å². The van der Waals surface area contributed by atoms with Crippen LogP contribution in [0.1, 0.15) is 17.5 Å². The number of carbonyl (C=O) groups excluding carboxylic acids is 1. The Morgan fingerprint density at radius 1 is 0.944 bits per heavy atom. The number of rotatable bonds is 10. The number of nitrogens with one attached hydrogen (secondary N) is 3. The Balaban J connectivity index is 1.22. The van der Waals surface area contributed by atoms with Gasteiger partial charge in [0.2, 0.25) is 5.91 Å². The second kappa shape index (κ2) is 11.4. The first-order chi connectivity index (χ1) is 17.3. The van der Waals surface area contributed by atoms with Crippen LogP contribution in [0.3, 0.4) is 0 Å². The highest BCUT2D eigenvalue weighted by Crippen LogP contribution is 2.24. The van der Waals surface area contributed by atoms with Gasteiger partial charge in [0.05, 0.1) is 10.4 Å². The van der Waals surface area contributed by atoms with Gasteiger partial charge in [-0.15, -0.1) is 0 Å². The average Bonchev–Trinajstić information content (AvgIpc) is 2.86. The molecule has 36 heavy (non-hydrogen) atoms. The van der Waals surface area contributed by atoms with E-state index in [1.165, 1.54) is 0 Å². The van der Waals surface area contributed by atoms with E-state index in [0.29, 0.717) is 36.6 Å². The van der Waals surface area contributed by atoms with Crippen LogP contribution in [0.15, 0.2) is 83.9 Å². The molecule has 0 aliphatic heterocycles. The van der Waals surface area contributed by atoms with Crippen molar-refractivity contribution in [3.8, 4) is 0 Å². The van der Waals surface area contributed by atoms with Crippen LogP contribution in [0.2, 0.25) is 5.02 Å². The van der Waals surface area contributed by atoms with Gasteiger partial charge < -0.3 is 10.6 Å². The first kappa shape index (κ1) is 25.5. The fraction of sp³-hybridized carbons (Fsp3) is 0.185. The van der Waals surface area contributed by atoms with E-state index < -0.39 is 10.0 Å². The minimum atomic E-state index is -3.67. The van der Waals surface area contributed by atoms with Gasteiger partial charge in [-0.2, -0.15) is 0 Å². The molecule has 186 valence electrons. The molecule has 0 aliphatic carbocycles. The smallest absolute Gasteiger partial charge is 0.261 e. The number of nitrogens with zero attached hydrogens (tertiary/aromatic N) is 1. The van der Waals surface area contributed by atoms with E-state index in [-0.39, 0.29) is 10.8 Å². The number of sulfonamides is 1. The molecular formula is C27H27ClN4O3S. The van der Waals surface area contributed by atoms with Crippen LogP contribution in [0, 0.1) is 6.92 Å². The Hall–Kier alpha value is -3.62. The topological polar surface area (TPSA) is 100 Å². The van der Waals surface area contributed by atoms with E-state index >= 15 is 0 Å². The molecule has 0 atom stereocenters. The highest BCUT2D eigenvalue weighted by atomic mass is 35.5. The first-order valence-electron chi connectivity index (χ1n) is 11.5. The van der Waals surface area contributed by atoms with E-state index in [1.807, 2.05) is 43.3 Å². The van der Waals surface area contributed by atoms with Gasteiger partial charge in [0, 0.05) is 47.5 Å². The second-order valence-electron chi connectivity index (χ2n) is 8.41. The summed E-state index contributed by atoms with van der Waals surface area (Å²) in [6.45, 7) is 2.97. The monoisotopic (exact) mass is 522 g/mol. The van der Waals surface area contributed by atoms with Crippen LogP contribution < -0.4 is 15.4 Å². The number of halogens is 1. The lowest BCUT2D eigenvalue weighted by atomic mass is 10.1. The zero-order valence-corrected chi connectivity index (χ0v) is 21.4. The normalized spacial score (nSPS) is 11.3. The number of fused-ring (bicyclic) bond motifs is 1. The third kappa shape index (κ3) is 6.74. The Morgan fingerprint density at radius 3 is 2.44 bits per heavy atom. The molecule has 1 heterocycles. The van der Waals surface area contributed by atoms with E-state index in [9.17, 15) is 13.2 Å². The maximum atomic E-state index is 12.6. The van der Waals surface area contributed by atoms with Crippen LogP contribution in [0.5, 0.6) is 0 Å². The standard InChI is InChI=1S/C27H27ClN4O3S/c1-19-2-8-22(9-3-19)32-36(34,35)23-10-4-20(5-11-23)6-13-27(33)31-17-16-30-25-14-15-29-26-18-21(28)7-12-24(25)26/h2-5,7-12,14-15,18,32H,6,13,16-17H2,1H3,(H,29,30)(H,31,33). The molecule has 0 unspecified atom stereocenters. The molecule has 0 spiro atoms. The molecule has 3 N–H and O–H groups in total. The lowest BCUT2D eigenvalue weighted by molar-refractivity contribution is -0.120. The van der Waals surface area contributed by atoms with Gasteiger partial charge in [-0.25, -0.2) is 8.42 Å². The van der Waals surface area contributed by atoms with Crippen molar-refractivity contribution in [1.29, 1.82) is 0 Å². The Labute approximate surface area is 216 Å². The van der Waals surface area contributed by atoms with Crippen LogP contribution in [-0.4, -0.2) is 32.4 Å². The average molecular weight is 523 g/mol. The summed E-state index contributed by atoms with van der Waals surface area (Å²) < 4.78 is 27.8. The van der Waals surface area contributed by atoms with Crippen molar-refractivity contribution in [1.82, 2.24) is 10.3 Å². The van der Waals surface area contributed by atoms with Crippen LogP contribution >= 0.6 is 11.6 Å². The summed E-state index contributed by atoms with van der Waals surface area (Å²) in [5.41, 5.74) is 4.19. The molecule has 4 aromatic rings. The van der Waals surface area contributed by atoms with Gasteiger partial charge in [0.1, 0.15) is 0 Å². The first-order valence-corrected chi connectivity index (χ1v) is 13.4. The highest BCUT2D eigenvalue weighted by Gasteiger charge is 2.14. The molecule has 0 radical (unpaired) electrons. The molecule has 1 aromatic heterocycles. The molecule has 1 amide bonds. The van der Waals surface area contributed by atoms with Gasteiger partial charge in [0.25, 0.3) is 10.0 Å². The van der Waals surface area contributed by atoms with Crippen molar-refractivity contribution in [2.75, 3.05) is 23.1 Å². The summed E-state index contributed by atoms with van der Waals surface area (Å²) in [7, 11) is -3.67. The zero-order valence-electron chi connectivity index (χ0n) is 19.8. The minimum absolute atomic E-state index is 0.0686. The number of carbonyl (C=O) groups is 1. The SMILES string of the molecule is Cc1ccc(NS(=O)(=O)c2ccc(CCC(=O)NCCNc3ccnc4cc(Cl)ccc34)cc2)cc1. The number of hydrogen-bond donors (Lipinski definition) is 3. The van der Waals surface area contributed by atoms with Gasteiger partial charge in [-0.1, -0.05) is 41.4 Å². The zero-order chi connectivity index (χ0) is 25.5. The highest BCUT2D eigenvalue weighted by molar-refractivity contribution is 7.92. The molecular weight excluding hydrogens is 496 g/mol. The Bertz CT molecular complexity index is 1460. The summed E-state index contributed by atoms with van der Waals surface area (Å²) >= 11 is 6.03. The maximum Gasteiger partial charge on any atom is 0.261 e. The lowest BCUT2D eigenvalue weighted by Gasteiger charge is -2.11. The number of anilines is 2. The summed E-state index contributed by atoms with van der Waals surface area (Å²) in [5.74, 6) is -0.0686. The van der Waals surface area contributed by atoms with Crippen LogP contribution in [-0.2, 0) is 21.2 Å².